The minimum Gasteiger partial charge on any atom is -0.0835 e. The Morgan fingerprint density at radius 2 is 1.68 bits per heavy atom. The van der Waals surface area contributed by atoms with E-state index in [1.165, 1.54) is 32.3 Å². The second-order valence-electron chi connectivity index (χ2n) is 5.12. The number of benzene rings is 2. The Morgan fingerprint density at radius 3 is 2.37 bits per heavy atom. The van der Waals surface area contributed by atoms with E-state index in [1.807, 2.05) is 0 Å². The maximum absolute atomic E-state index is 3.82. The van der Waals surface area contributed by atoms with Gasteiger partial charge in [-0.15, -0.1) is 0 Å². The summed E-state index contributed by atoms with van der Waals surface area (Å²) in [6, 6.07) is 13.2. The first-order chi connectivity index (χ1) is 8.97. The quantitative estimate of drug-likeness (QED) is 0.567. The van der Waals surface area contributed by atoms with Gasteiger partial charge in [-0.3, -0.25) is 0 Å². The van der Waals surface area contributed by atoms with Crippen molar-refractivity contribution in [3.05, 3.63) is 68.7 Å². The van der Waals surface area contributed by atoms with E-state index in [2.05, 4.69) is 89.0 Å². The zero-order valence-electron chi connectivity index (χ0n) is 11.5. The van der Waals surface area contributed by atoms with Gasteiger partial charge in [0.05, 0.1) is 0 Å². The average Bonchev–Trinajstić information content (AvgIpc) is 2.36. The van der Waals surface area contributed by atoms with Crippen LogP contribution in [0.2, 0.25) is 0 Å². The van der Waals surface area contributed by atoms with Crippen LogP contribution in [0.1, 0.15) is 32.6 Å². The molecule has 0 saturated heterocycles. The third-order valence-electron chi connectivity index (χ3n) is 3.48. The molecule has 0 bridgehead atoms. The van der Waals surface area contributed by atoms with E-state index in [0.717, 1.165) is 6.42 Å². The summed E-state index contributed by atoms with van der Waals surface area (Å²) >= 11 is 7.46. The molecule has 19 heavy (non-hydrogen) atoms. The van der Waals surface area contributed by atoms with Crippen LogP contribution in [0.3, 0.4) is 0 Å². The monoisotopic (exact) mass is 380 g/mol. The first-order valence-electron chi connectivity index (χ1n) is 6.43. The molecule has 1 unspecified atom stereocenters. The number of hydrogen-bond acceptors (Lipinski definition) is 0. The third kappa shape index (κ3) is 3.70. The van der Waals surface area contributed by atoms with Crippen molar-refractivity contribution < 1.29 is 0 Å². The summed E-state index contributed by atoms with van der Waals surface area (Å²) in [5.41, 5.74) is 6.70. The Balaban J connectivity index is 2.22. The van der Waals surface area contributed by atoms with Crippen LogP contribution in [-0.2, 0) is 6.42 Å². The molecule has 2 rings (SSSR count). The van der Waals surface area contributed by atoms with Gasteiger partial charge in [-0.25, -0.2) is 0 Å². The topological polar surface area (TPSA) is 0 Å². The largest absolute Gasteiger partial charge is 0.0835 e. The zero-order valence-corrected chi connectivity index (χ0v) is 14.7. The predicted octanol–water partition coefficient (Wildman–Crippen LogP) is 6.05. The predicted molar refractivity (Wildman–Crippen MR) is 90.2 cm³/mol. The van der Waals surface area contributed by atoms with Gasteiger partial charge >= 0.3 is 0 Å². The van der Waals surface area contributed by atoms with Gasteiger partial charge in [0.25, 0.3) is 0 Å². The van der Waals surface area contributed by atoms with Gasteiger partial charge in [0.15, 0.2) is 0 Å². The molecule has 0 saturated carbocycles. The standard InChI is InChI=1S/C17H18Br2/c1-11-4-7-16(18)15(8-11)17(19)10-14-6-5-12(2)13(3)9-14/h4-9,17H,10H2,1-3H3. The number of halogens is 2. The van der Waals surface area contributed by atoms with Gasteiger partial charge < -0.3 is 0 Å². The van der Waals surface area contributed by atoms with Crippen molar-refractivity contribution in [2.24, 2.45) is 0 Å². The van der Waals surface area contributed by atoms with E-state index in [9.17, 15) is 0 Å². The molecule has 2 aromatic carbocycles. The highest BCUT2D eigenvalue weighted by Crippen LogP contribution is 2.33. The number of hydrogen-bond donors (Lipinski definition) is 0. The fourth-order valence-electron chi connectivity index (χ4n) is 2.15. The van der Waals surface area contributed by atoms with E-state index in [-0.39, 0.29) is 0 Å². The molecule has 0 aliphatic carbocycles. The highest BCUT2D eigenvalue weighted by molar-refractivity contribution is 9.11. The Hall–Kier alpha value is -0.600. The van der Waals surface area contributed by atoms with Crippen LogP contribution in [-0.4, -0.2) is 0 Å². The van der Waals surface area contributed by atoms with Crippen LogP contribution >= 0.6 is 31.9 Å². The summed E-state index contributed by atoms with van der Waals surface area (Å²) < 4.78 is 1.17. The SMILES string of the molecule is Cc1ccc(Br)c(C(Br)Cc2ccc(C)c(C)c2)c1. The normalized spacial score (nSPS) is 12.5. The molecule has 0 nitrogen and oxygen atoms in total. The molecule has 0 aromatic heterocycles. The van der Waals surface area contributed by atoms with E-state index < -0.39 is 0 Å². The van der Waals surface area contributed by atoms with Crippen molar-refractivity contribution in [3.63, 3.8) is 0 Å². The van der Waals surface area contributed by atoms with Gasteiger partial charge in [-0.05, 0) is 55.5 Å². The zero-order chi connectivity index (χ0) is 14.0. The van der Waals surface area contributed by atoms with Crippen LogP contribution in [0.4, 0.5) is 0 Å². The summed E-state index contributed by atoms with van der Waals surface area (Å²) in [4.78, 5) is 0.337. The summed E-state index contributed by atoms with van der Waals surface area (Å²) in [6.45, 7) is 6.46. The molecule has 0 spiro atoms. The van der Waals surface area contributed by atoms with Gasteiger partial charge in [0.2, 0.25) is 0 Å². The molecule has 0 N–H and O–H groups in total. The fourth-order valence-corrected chi connectivity index (χ4v) is 3.73. The molecule has 1 atom stereocenters. The van der Waals surface area contributed by atoms with Crippen LogP contribution < -0.4 is 0 Å². The minimum absolute atomic E-state index is 0.337. The minimum atomic E-state index is 0.337. The smallest absolute Gasteiger partial charge is 0.0446 e. The van der Waals surface area contributed by atoms with E-state index in [1.54, 1.807) is 0 Å². The molecule has 0 fully saturated rings. The van der Waals surface area contributed by atoms with E-state index >= 15 is 0 Å². The highest BCUT2D eigenvalue weighted by Gasteiger charge is 2.12. The van der Waals surface area contributed by atoms with Crippen LogP contribution in [0, 0.1) is 20.8 Å². The molecule has 100 valence electrons. The van der Waals surface area contributed by atoms with Crippen molar-refractivity contribution in [2.75, 3.05) is 0 Å². The first-order valence-corrected chi connectivity index (χ1v) is 8.14. The Bertz CT molecular complexity index is 588. The number of aryl methyl sites for hydroxylation is 3. The molecule has 0 aliphatic rings. The summed E-state index contributed by atoms with van der Waals surface area (Å²) in [7, 11) is 0. The first kappa shape index (κ1) is 14.8. The van der Waals surface area contributed by atoms with Crippen molar-refractivity contribution in [2.45, 2.75) is 32.0 Å². The lowest BCUT2D eigenvalue weighted by Gasteiger charge is -2.14. The molecule has 0 aliphatic heterocycles. The second kappa shape index (κ2) is 6.23. The van der Waals surface area contributed by atoms with Gasteiger partial charge in [0.1, 0.15) is 0 Å². The van der Waals surface area contributed by atoms with Crippen molar-refractivity contribution >= 4 is 31.9 Å². The van der Waals surface area contributed by atoms with Crippen molar-refractivity contribution in [1.29, 1.82) is 0 Å². The summed E-state index contributed by atoms with van der Waals surface area (Å²) in [5.74, 6) is 0. The van der Waals surface area contributed by atoms with Gasteiger partial charge in [-0.1, -0.05) is 67.8 Å². The summed E-state index contributed by atoms with van der Waals surface area (Å²) in [6.07, 6.45) is 1.00. The molecular weight excluding hydrogens is 364 g/mol. The maximum atomic E-state index is 3.82. The lowest BCUT2D eigenvalue weighted by atomic mass is 10.00. The molecule has 2 heteroatoms. The van der Waals surface area contributed by atoms with Crippen LogP contribution in [0.15, 0.2) is 40.9 Å². The second-order valence-corrected chi connectivity index (χ2v) is 7.07. The average molecular weight is 382 g/mol. The lowest BCUT2D eigenvalue weighted by molar-refractivity contribution is 0.938. The number of rotatable bonds is 3. The number of alkyl halides is 1. The lowest BCUT2D eigenvalue weighted by Crippen LogP contribution is -1.98. The molecular formula is C17H18Br2. The summed E-state index contributed by atoms with van der Waals surface area (Å²) in [5, 5.41) is 0. The van der Waals surface area contributed by atoms with Crippen LogP contribution in [0.25, 0.3) is 0 Å². The highest BCUT2D eigenvalue weighted by atomic mass is 79.9. The van der Waals surface area contributed by atoms with Gasteiger partial charge in [-0.2, -0.15) is 0 Å². The maximum Gasteiger partial charge on any atom is 0.0446 e. The molecule has 2 aromatic rings. The molecule has 0 radical (unpaired) electrons. The van der Waals surface area contributed by atoms with Crippen molar-refractivity contribution in [3.8, 4) is 0 Å². The van der Waals surface area contributed by atoms with E-state index in [4.69, 9.17) is 0 Å². The fraction of sp³-hybridized carbons (Fsp3) is 0.294. The van der Waals surface area contributed by atoms with E-state index in [0.29, 0.717) is 4.83 Å². The van der Waals surface area contributed by atoms with Gasteiger partial charge in [0, 0.05) is 9.30 Å². The molecule has 0 amide bonds. The molecule has 0 heterocycles. The Kier molecular flexibility index (Phi) is 4.86. The van der Waals surface area contributed by atoms with Crippen molar-refractivity contribution in [1.82, 2.24) is 0 Å². The third-order valence-corrected chi connectivity index (χ3v) is 5.01. The van der Waals surface area contributed by atoms with Crippen LogP contribution in [0.5, 0.6) is 0 Å². The Labute approximate surface area is 132 Å². The Morgan fingerprint density at radius 1 is 0.947 bits per heavy atom.